The number of benzene rings is 1. The fraction of sp³-hybridized carbons (Fsp3) is 0.696. The fourth-order valence-electron chi connectivity index (χ4n) is 3.00. The molecular formula is C23H39N3O3. The Balaban J connectivity index is 1.61. The number of aliphatic imine (C=N–C) groups is 1. The normalized spacial score (nSPS) is 17.0. The van der Waals surface area contributed by atoms with E-state index in [1.165, 1.54) is 5.56 Å². The second kappa shape index (κ2) is 14.2. The Morgan fingerprint density at radius 1 is 1.24 bits per heavy atom. The Morgan fingerprint density at radius 2 is 2.07 bits per heavy atom. The predicted molar refractivity (Wildman–Crippen MR) is 119 cm³/mol. The van der Waals surface area contributed by atoms with E-state index in [1.807, 2.05) is 0 Å². The van der Waals surface area contributed by atoms with Crippen molar-refractivity contribution in [3.8, 4) is 5.75 Å². The topological polar surface area (TPSA) is 64.1 Å². The molecule has 1 unspecified atom stereocenters. The van der Waals surface area contributed by atoms with Crippen molar-refractivity contribution in [2.45, 2.75) is 40.0 Å². The summed E-state index contributed by atoms with van der Waals surface area (Å²) in [6.07, 6.45) is 3.00. The highest BCUT2D eigenvalue weighted by molar-refractivity contribution is 5.79. The molecule has 1 saturated heterocycles. The van der Waals surface area contributed by atoms with Gasteiger partial charge in [-0.15, -0.1) is 0 Å². The van der Waals surface area contributed by atoms with E-state index in [0.29, 0.717) is 11.8 Å². The van der Waals surface area contributed by atoms with Gasteiger partial charge in [-0.2, -0.15) is 0 Å². The number of rotatable bonds is 13. The second-order valence-electron chi connectivity index (χ2n) is 7.94. The predicted octanol–water partition coefficient (Wildman–Crippen LogP) is 3.26. The minimum atomic E-state index is 0.538. The molecule has 0 spiro atoms. The Kier molecular flexibility index (Phi) is 11.5. The summed E-state index contributed by atoms with van der Waals surface area (Å²) < 4.78 is 16.8. The molecule has 164 valence electrons. The highest BCUT2D eigenvalue weighted by Gasteiger charge is 2.15. The Morgan fingerprint density at radius 3 is 2.76 bits per heavy atom. The van der Waals surface area contributed by atoms with Gasteiger partial charge in [-0.05, 0) is 49.8 Å². The standard InChI is InChI=1S/C23H39N3O3/c1-4-24-23(25-12-5-14-27-17-21-11-15-28-18-21)26-13-10-20-6-8-22(9-7-20)29-16-19(2)3/h6-9,19,21H,4-5,10-18H2,1-3H3,(H2,24,25,26). The molecule has 6 heteroatoms. The lowest BCUT2D eigenvalue weighted by molar-refractivity contribution is 0.0893. The Hall–Kier alpha value is -1.79. The summed E-state index contributed by atoms with van der Waals surface area (Å²) >= 11 is 0. The van der Waals surface area contributed by atoms with Crippen molar-refractivity contribution in [2.75, 3.05) is 52.7 Å². The van der Waals surface area contributed by atoms with E-state index in [0.717, 1.165) is 83.6 Å². The van der Waals surface area contributed by atoms with Gasteiger partial charge in [-0.3, -0.25) is 4.99 Å². The molecule has 1 fully saturated rings. The van der Waals surface area contributed by atoms with Gasteiger partial charge in [0.15, 0.2) is 5.96 Å². The van der Waals surface area contributed by atoms with Gasteiger partial charge in [0.25, 0.3) is 0 Å². The molecule has 1 aromatic carbocycles. The lowest BCUT2D eigenvalue weighted by Gasteiger charge is -2.12. The van der Waals surface area contributed by atoms with Gasteiger partial charge in [-0.1, -0.05) is 26.0 Å². The third-order valence-corrected chi connectivity index (χ3v) is 4.65. The van der Waals surface area contributed by atoms with E-state index in [-0.39, 0.29) is 0 Å². The maximum Gasteiger partial charge on any atom is 0.191 e. The van der Waals surface area contributed by atoms with Crippen LogP contribution in [0.15, 0.2) is 29.3 Å². The zero-order chi connectivity index (χ0) is 20.7. The fourth-order valence-corrected chi connectivity index (χ4v) is 3.00. The molecule has 0 bridgehead atoms. The van der Waals surface area contributed by atoms with Crippen LogP contribution in [-0.2, 0) is 15.9 Å². The molecule has 1 aliphatic heterocycles. The molecule has 1 heterocycles. The van der Waals surface area contributed by atoms with Crippen LogP contribution >= 0.6 is 0 Å². The third-order valence-electron chi connectivity index (χ3n) is 4.65. The van der Waals surface area contributed by atoms with Crippen molar-refractivity contribution in [2.24, 2.45) is 16.8 Å². The van der Waals surface area contributed by atoms with Crippen LogP contribution in [0.25, 0.3) is 0 Å². The number of nitrogens with one attached hydrogen (secondary N) is 2. The molecule has 1 aromatic rings. The summed E-state index contributed by atoms with van der Waals surface area (Å²) in [7, 11) is 0. The first-order valence-electron chi connectivity index (χ1n) is 11.1. The average molecular weight is 406 g/mol. The number of nitrogens with zero attached hydrogens (tertiary/aromatic N) is 1. The summed E-state index contributed by atoms with van der Waals surface area (Å²) in [6, 6.07) is 8.37. The van der Waals surface area contributed by atoms with E-state index in [9.17, 15) is 0 Å². The van der Waals surface area contributed by atoms with Gasteiger partial charge in [-0.25, -0.2) is 0 Å². The van der Waals surface area contributed by atoms with Crippen molar-refractivity contribution in [1.29, 1.82) is 0 Å². The van der Waals surface area contributed by atoms with Crippen LogP contribution in [0.5, 0.6) is 5.75 Å². The lowest BCUT2D eigenvalue weighted by atomic mass is 10.1. The van der Waals surface area contributed by atoms with E-state index in [2.05, 4.69) is 60.7 Å². The molecule has 6 nitrogen and oxygen atoms in total. The lowest BCUT2D eigenvalue weighted by Crippen LogP contribution is -2.38. The molecule has 2 N–H and O–H groups in total. The van der Waals surface area contributed by atoms with Crippen molar-refractivity contribution < 1.29 is 14.2 Å². The number of hydrogen-bond acceptors (Lipinski definition) is 4. The van der Waals surface area contributed by atoms with Crippen molar-refractivity contribution in [3.63, 3.8) is 0 Å². The SMILES string of the molecule is CCNC(=NCCCOCC1CCOC1)NCCc1ccc(OCC(C)C)cc1. The van der Waals surface area contributed by atoms with Gasteiger partial charge in [0, 0.05) is 38.8 Å². The maximum atomic E-state index is 5.74. The molecule has 0 aromatic heterocycles. The van der Waals surface area contributed by atoms with Crippen LogP contribution < -0.4 is 15.4 Å². The monoisotopic (exact) mass is 405 g/mol. The number of ether oxygens (including phenoxy) is 3. The molecule has 0 saturated carbocycles. The Bertz CT molecular complexity index is 569. The molecule has 0 aliphatic carbocycles. The molecule has 1 aliphatic rings. The van der Waals surface area contributed by atoms with Crippen LogP contribution in [0.2, 0.25) is 0 Å². The molecule has 2 rings (SSSR count). The van der Waals surface area contributed by atoms with Crippen LogP contribution in [0.3, 0.4) is 0 Å². The zero-order valence-electron chi connectivity index (χ0n) is 18.4. The minimum absolute atomic E-state index is 0.538. The van der Waals surface area contributed by atoms with Crippen LogP contribution in [-0.4, -0.2) is 58.6 Å². The Labute approximate surface area is 176 Å². The summed E-state index contributed by atoms with van der Waals surface area (Å²) in [6.45, 7) is 12.9. The summed E-state index contributed by atoms with van der Waals surface area (Å²) in [4.78, 5) is 4.64. The summed E-state index contributed by atoms with van der Waals surface area (Å²) in [5.74, 6) is 2.92. The van der Waals surface area contributed by atoms with E-state index < -0.39 is 0 Å². The maximum absolute atomic E-state index is 5.74. The van der Waals surface area contributed by atoms with E-state index in [1.54, 1.807) is 0 Å². The van der Waals surface area contributed by atoms with E-state index in [4.69, 9.17) is 14.2 Å². The minimum Gasteiger partial charge on any atom is -0.493 e. The van der Waals surface area contributed by atoms with Crippen LogP contribution in [0.1, 0.15) is 39.2 Å². The quantitative estimate of drug-likeness (QED) is 0.300. The highest BCUT2D eigenvalue weighted by atomic mass is 16.5. The first-order chi connectivity index (χ1) is 14.2. The van der Waals surface area contributed by atoms with Crippen molar-refractivity contribution in [1.82, 2.24) is 10.6 Å². The molecule has 1 atom stereocenters. The van der Waals surface area contributed by atoms with Gasteiger partial charge >= 0.3 is 0 Å². The van der Waals surface area contributed by atoms with Crippen LogP contribution in [0.4, 0.5) is 0 Å². The first-order valence-corrected chi connectivity index (χ1v) is 11.1. The highest BCUT2D eigenvalue weighted by Crippen LogP contribution is 2.14. The van der Waals surface area contributed by atoms with Crippen molar-refractivity contribution >= 4 is 5.96 Å². The molecular weight excluding hydrogens is 366 g/mol. The van der Waals surface area contributed by atoms with Crippen molar-refractivity contribution in [3.05, 3.63) is 29.8 Å². The van der Waals surface area contributed by atoms with E-state index >= 15 is 0 Å². The van der Waals surface area contributed by atoms with Gasteiger partial charge in [0.05, 0.1) is 19.8 Å². The summed E-state index contributed by atoms with van der Waals surface area (Å²) in [5.41, 5.74) is 1.29. The zero-order valence-corrected chi connectivity index (χ0v) is 18.4. The third kappa shape index (κ3) is 10.5. The molecule has 0 amide bonds. The molecule has 0 radical (unpaired) electrons. The molecule has 29 heavy (non-hydrogen) atoms. The largest absolute Gasteiger partial charge is 0.493 e. The van der Waals surface area contributed by atoms with Gasteiger partial charge in [0.2, 0.25) is 0 Å². The first kappa shape index (κ1) is 23.5. The average Bonchev–Trinajstić information content (AvgIpc) is 3.23. The number of hydrogen-bond donors (Lipinski definition) is 2. The smallest absolute Gasteiger partial charge is 0.191 e. The summed E-state index contributed by atoms with van der Waals surface area (Å²) in [5, 5.41) is 6.71. The van der Waals surface area contributed by atoms with Gasteiger partial charge < -0.3 is 24.8 Å². The number of guanidine groups is 1. The van der Waals surface area contributed by atoms with Crippen LogP contribution in [0, 0.1) is 11.8 Å². The second-order valence-corrected chi connectivity index (χ2v) is 7.94. The van der Waals surface area contributed by atoms with Gasteiger partial charge in [0.1, 0.15) is 5.75 Å².